The number of hydrogen-bond donors (Lipinski definition) is 1. The summed E-state index contributed by atoms with van der Waals surface area (Å²) in [7, 11) is 0. The quantitative estimate of drug-likeness (QED) is 0.705. The van der Waals surface area contributed by atoms with E-state index < -0.39 is 0 Å². The second-order valence-corrected chi connectivity index (χ2v) is 6.26. The molecule has 4 heteroatoms. The van der Waals surface area contributed by atoms with Gasteiger partial charge in [-0.2, -0.15) is 0 Å². The third-order valence-electron chi connectivity index (χ3n) is 4.31. The molecule has 0 aliphatic carbocycles. The van der Waals surface area contributed by atoms with Crippen LogP contribution in [0.15, 0.2) is 65.1 Å². The van der Waals surface area contributed by atoms with Crippen LogP contribution in [0.25, 0.3) is 11.0 Å². The van der Waals surface area contributed by atoms with Crippen molar-refractivity contribution in [1.29, 1.82) is 0 Å². The van der Waals surface area contributed by atoms with Crippen LogP contribution >= 0.6 is 0 Å². The van der Waals surface area contributed by atoms with E-state index in [0.29, 0.717) is 6.54 Å². The molecule has 1 atom stereocenters. The summed E-state index contributed by atoms with van der Waals surface area (Å²) in [5, 5.41) is 4.09. The van der Waals surface area contributed by atoms with Crippen LogP contribution in [-0.4, -0.2) is 23.9 Å². The van der Waals surface area contributed by atoms with Gasteiger partial charge < -0.3 is 9.73 Å². The van der Waals surface area contributed by atoms with Gasteiger partial charge in [-0.3, -0.25) is 9.69 Å². The summed E-state index contributed by atoms with van der Waals surface area (Å²) in [4.78, 5) is 14.5. The van der Waals surface area contributed by atoms with Gasteiger partial charge >= 0.3 is 0 Å². The molecule has 1 N–H and O–H groups in total. The summed E-state index contributed by atoms with van der Waals surface area (Å²) in [5.74, 6) is 0.784. The van der Waals surface area contributed by atoms with Crippen LogP contribution in [0.1, 0.15) is 31.2 Å². The lowest BCUT2D eigenvalue weighted by molar-refractivity contribution is -0.123. The highest BCUT2D eigenvalue weighted by Crippen LogP contribution is 2.23. The number of furan rings is 1. The van der Waals surface area contributed by atoms with Crippen LogP contribution < -0.4 is 5.32 Å². The fourth-order valence-corrected chi connectivity index (χ4v) is 2.90. The first-order chi connectivity index (χ1) is 12.2. The van der Waals surface area contributed by atoms with Gasteiger partial charge in [-0.15, -0.1) is 0 Å². The second kappa shape index (κ2) is 7.99. The maximum absolute atomic E-state index is 12.4. The number of amides is 1. The fourth-order valence-electron chi connectivity index (χ4n) is 2.90. The maximum Gasteiger partial charge on any atom is 0.234 e. The summed E-state index contributed by atoms with van der Waals surface area (Å²) >= 11 is 0. The van der Waals surface area contributed by atoms with Crippen molar-refractivity contribution >= 4 is 16.9 Å². The highest BCUT2D eigenvalue weighted by Gasteiger charge is 2.16. The van der Waals surface area contributed by atoms with Crippen molar-refractivity contribution < 1.29 is 9.21 Å². The van der Waals surface area contributed by atoms with Gasteiger partial charge in [0.15, 0.2) is 0 Å². The Morgan fingerprint density at radius 1 is 1.12 bits per heavy atom. The molecule has 0 unspecified atom stereocenters. The molecule has 0 radical (unpaired) electrons. The van der Waals surface area contributed by atoms with Gasteiger partial charge in [-0.1, -0.05) is 55.5 Å². The zero-order chi connectivity index (χ0) is 17.6. The van der Waals surface area contributed by atoms with Crippen LogP contribution in [0.2, 0.25) is 0 Å². The summed E-state index contributed by atoms with van der Waals surface area (Å²) in [6.07, 6.45) is 0. The van der Waals surface area contributed by atoms with E-state index in [1.807, 2.05) is 55.5 Å². The molecule has 25 heavy (non-hydrogen) atoms. The zero-order valence-corrected chi connectivity index (χ0v) is 14.7. The molecule has 0 saturated carbocycles. The molecule has 0 bridgehead atoms. The van der Waals surface area contributed by atoms with E-state index in [4.69, 9.17) is 4.42 Å². The first kappa shape index (κ1) is 17.2. The molecule has 4 nitrogen and oxygen atoms in total. The van der Waals surface area contributed by atoms with E-state index in [1.165, 1.54) is 5.56 Å². The lowest BCUT2D eigenvalue weighted by Crippen LogP contribution is -2.37. The highest BCUT2D eigenvalue weighted by atomic mass is 16.3. The number of nitrogens with one attached hydrogen (secondary N) is 1. The summed E-state index contributed by atoms with van der Waals surface area (Å²) in [6, 6.07) is 19.9. The Morgan fingerprint density at radius 2 is 1.84 bits per heavy atom. The van der Waals surface area contributed by atoms with Crippen LogP contribution in [-0.2, 0) is 11.3 Å². The normalized spacial score (nSPS) is 12.4. The first-order valence-electron chi connectivity index (χ1n) is 8.70. The Balaban J connectivity index is 1.58. The van der Waals surface area contributed by atoms with E-state index in [0.717, 1.165) is 29.8 Å². The Bertz CT molecular complexity index is 793. The average molecular weight is 336 g/mol. The third kappa shape index (κ3) is 4.48. The third-order valence-corrected chi connectivity index (χ3v) is 4.31. The van der Waals surface area contributed by atoms with E-state index >= 15 is 0 Å². The lowest BCUT2D eigenvalue weighted by atomic mass is 10.2. The summed E-state index contributed by atoms with van der Waals surface area (Å²) < 4.78 is 5.83. The summed E-state index contributed by atoms with van der Waals surface area (Å²) in [5.41, 5.74) is 2.06. The van der Waals surface area contributed by atoms with Crippen LogP contribution in [0.4, 0.5) is 0 Å². The van der Waals surface area contributed by atoms with Crippen molar-refractivity contribution in [1.82, 2.24) is 10.2 Å². The van der Waals surface area contributed by atoms with Gasteiger partial charge in [-0.25, -0.2) is 0 Å². The number of fused-ring (bicyclic) bond motifs is 1. The Labute approximate surface area is 148 Å². The number of hydrogen-bond acceptors (Lipinski definition) is 3. The number of rotatable bonds is 7. The minimum absolute atomic E-state index is 0.00531. The molecule has 0 aliphatic rings. The molecule has 3 rings (SSSR count). The number of carbonyl (C=O) groups is 1. The predicted octanol–water partition coefficient (Wildman–Crippen LogP) is 4.13. The minimum Gasteiger partial charge on any atom is -0.459 e. The predicted molar refractivity (Wildman–Crippen MR) is 100 cm³/mol. The van der Waals surface area contributed by atoms with Crippen molar-refractivity contribution in [2.24, 2.45) is 0 Å². The smallest absolute Gasteiger partial charge is 0.234 e. The van der Waals surface area contributed by atoms with E-state index in [9.17, 15) is 4.79 Å². The van der Waals surface area contributed by atoms with Crippen LogP contribution in [0.5, 0.6) is 0 Å². The van der Waals surface area contributed by atoms with Crippen molar-refractivity contribution in [3.8, 4) is 0 Å². The van der Waals surface area contributed by atoms with Gasteiger partial charge in [0.2, 0.25) is 5.91 Å². The van der Waals surface area contributed by atoms with Crippen molar-refractivity contribution in [3.63, 3.8) is 0 Å². The highest BCUT2D eigenvalue weighted by molar-refractivity contribution is 5.80. The van der Waals surface area contributed by atoms with Gasteiger partial charge in [0.05, 0.1) is 12.6 Å². The first-order valence-corrected chi connectivity index (χ1v) is 8.70. The Kier molecular flexibility index (Phi) is 5.51. The Morgan fingerprint density at radius 3 is 2.56 bits per heavy atom. The number of benzene rings is 2. The van der Waals surface area contributed by atoms with Gasteiger partial charge in [0.1, 0.15) is 11.3 Å². The van der Waals surface area contributed by atoms with Gasteiger partial charge in [0.25, 0.3) is 0 Å². The van der Waals surface area contributed by atoms with Crippen LogP contribution in [0, 0.1) is 0 Å². The molecular formula is C21H24N2O2. The van der Waals surface area contributed by atoms with Gasteiger partial charge in [-0.05, 0) is 31.2 Å². The fraction of sp³-hybridized carbons (Fsp3) is 0.286. The number of likely N-dealkylation sites (N-methyl/N-ethyl adjacent to an activating group) is 1. The van der Waals surface area contributed by atoms with Crippen molar-refractivity contribution in [2.75, 3.05) is 13.1 Å². The SMILES string of the molecule is CCN(CC(=O)N[C@H](C)c1cc2ccccc2o1)Cc1ccccc1. The monoisotopic (exact) mass is 336 g/mol. The molecule has 1 heterocycles. The molecule has 1 amide bonds. The molecule has 2 aromatic carbocycles. The second-order valence-electron chi connectivity index (χ2n) is 6.26. The average Bonchev–Trinajstić information content (AvgIpc) is 3.06. The molecule has 3 aromatic rings. The lowest BCUT2D eigenvalue weighted by Gasteiger charge is -2.21. The molecule has 0 fully saturated rings. The standard InChI is InChI=1S/C21H24N2O2/c1-3-23(14-17-9-5-4-6-10-17)15-21(24)22-16(2)20-13-18-11-7-8-12-19(18)25-20/h4-13,16H,3,14-15H2,1-2H3,(H,22,24)/t16-/m1/s1. The molecule has 0 spiro atoms. The van der Waals surface area contributed by atoms with E-state index in [1.54, 1.807) is 0 Å². The minimum atomic E-state index is -0.157. The molecule has 0 saturated heterocycles. The van der Waals surface area contributed by atoms with Crippen LogP contribution in [0.3, 0.4) is 0 Å². The summed E-state index contributed by atoms with van der Waals surface area (Å²) in [6.45, 7) is 5.98. The number of nitrogens with zero attached hydrogens (tertiary/aromatic N) is 1. The largest absolute Gasteiger partial charge is 0.459 e. The molecule has 130 valence electrons. The molecule has 0 aliphatic heterocycles. The zero-order valence-electron chi connectivity index (χ0n) is 14.7. The van der Waals surface area contributed by atoms with E-state index in [2.05, 4.69) is 29.3 Å². The topological polar surface area (TPSA) is 45.5 Å². The Hall–Kier alpha value is -2.59. The molecular weight excluding hydrogens is 312 g/mol. The van der Waals surface area contributed by atoms with Gasteiger partial charge in [0, 0.05) is 11.9 Å². The van der Waals surface area contributed by atoms with E-state index in [-0.39, 0.29) is 11.9 Å². The molecule has 1 aromatic heterocycles. The van der Waals surface area contributed by atoms with Crippen molar-refractivity contribution in [3.05, 3.63) is 72.0 Å². The number of carbonyl (C=O) groups excluding carboxylic acids is 1. The number of para-hydroxylation sites is 1. The maximum atomic E-state index is 12.4. The van der Waals surface area contributed by atoms with Crippen molar-refractivity contribution in [2.45, 2.75) is 26.4 Å².